The van der Waals surface area contributed by atoms with E-state index in [-0.39, 0.29) is 13.0 Å². The number of nitrogens with one attached hydrogen (secondary N) is 1. The molecule has 0 aromatic rings. The van der Waals surface area contributed by atoms with E-state index in [4.69, 9.17) is 15.4 Å². The van der Waals surface area contributed by atoms with Crippen molar-refractivity contribution in [1.82, 2.24) is 5.32 Å². The van der Waals surface area contributed by atoms with Crippen LogP contribution in [0.4, 0.5) is 0 Å². The Bertz CT molecular complexity index is 262. The van der Waals surface area contributed by atoms with E-state index in [0.29, 0.717) is 0 Å². The Morgan fingerprint density at radius 1 is 1.54 bits per heavy atom. The maximum Gasteiger partial charge on any atom is 0.320 e. The zero-order valence-corrected chi connectivity index (χ0v) is 7.62. The molecule has 0 heterocycles. The van der Waals surface area contributed by atoms with E-state index in [1.807, 2.05) is 0 Å². The number of hydrogen-bond donors (Lipinski definition) is 4. The van der Waals surface area contributed by atoms with Crippen LogP contribution in [0.2, 0.25) is 0 Å². The first-order valence-electron chi connectivity index (χ1n) is 3.47. The number of carboxylic acids is 1. The van der Waals surface area contributed by atoms with Crippen molar-refractivity contribution >= 4 is 16.1 Å². The summed E-state index contributed by atoms with van der Waals surface area (Å²) in [5, 5.41) is 10.7. The van der Waals surface area contributed by atoms with Gasteiger partial charge in [0.2, 0.25) is 0 Å². The van der Waals surface area contributed by atoms with Crippen LogP contribution in [0.15, 0.2) is 0 Å². The fraction of sp³-hybridized carbons (Fsp3) is 0.800. The van der Waals surface area contributed by atoms with Gasteiger partial charge < -0.3 is 16.2 Å². The lowest BCUT2D eigenvalue weighted by atomic mass is 10.2. The molecule has 1 atom stereocenters. The van der Waals surface area contributed by atoms with Crippen molar-refractivity contribution in [2.24, 2.45) is 5.73 Å². The number of aliphatic carboxylic acids is 1. The average molecular weight is 212 g/mol. The summed E-state index contributed by atoms with van der Waals surface area (Å²) in [7, 11) is -4.04. The van der Waals surface area contributed by atoms with Crippen molar-refractivity contribution in [3.8, 4) is 0 Å². The van der Waals surface area contributed by atoms with Crippen molar-refractivity contribution in [2.45, 2.75) is 12.5 Å². The first-order valence-corrected chi connectivity index (χ1v) is 5.08. The highest BCUT2D eigenvalue weighted by Gasteiger charge is 2.10. The second kappa shape index (κ2) is 5.12. The highest BCUT2D eigenvalue weighted by Crippen LogP contribution is 1.86. The lowest BCUT2D eigenvalue weighted by Crippen LogP contribution is -2.34. The molecule has 0 aromatic heterocycles. The van der Waals surface area contributed by atoms with Gasteiger partial charge in [0.15, 0.2) is 0 Å². The molecule has 0 saturated carbocycles. The van der Waals surface area contributed by atoms with Crippen molar-refractivity contribution in [1.29, 1.82) is 0 Å². The summed E-state index contributed by atoms with van der Waals surface area (Å²) in [5.41, 5.74) is 5.11. The highest BCUT2D eigenvalue weighted by molar-refractivity contribution is 7.85. The zero-order valence-electron chi connectivity index (χ0n) is 6.80. The van der Waals surface area contributed by atoms with Crippen LogP contribution in [0.5, 0.6) is 0 Å². The number of rotatable bonds is 6. The molecule has 0 aliphatic rings. The van der Waals surface area contributed by atoms with Crippen molar-refractivity contribution in [3.63, 3.8) is 0 Å². The van der Waals surface area contributed by atoms with Gasteiger partial charge in [0.25, 0.3) is 10.1 Å². The maximum absolute atomic E-state index is 10.2. The summed E-state index contributed by atoms with van der Waals surface area (Å²) in [5.74, 6) is -1.74. The number of carboxylic acid groups (broad SMARTS) is 1. The van der Waals surface area contributed by atoms with Crippen LogP contribution in [0.1, 0.15) is 6.42 Å². The van der Waals surface area contributed by atoms with Gasteiger partial charge in [-0.2, -0.15) is 8.42 Å². The summed E-state index contributed by atoms with van der Waals surface area (Å²) in [6.07, 6.45) is 0.102. The molecule has 1 unspecified atom stereocenters. The third-order valence-electron chi connectivity index (χ3n) is 1.23. The molecule has 0 bridgehead atoms. The Morgan fingerprint density at radius 2 is 2.08 bits per heavy atom. The molecule has 0 fully saturated rings. The molecule has 7 nitrogen and oxygen atoms in total. The van der Waals surface area contributed by atoms with E-state index in [2.05, 4.69) is 5.32 Å². The minimum absolute atomic E-state index is 0.102. The van der Waals surface area contributed by atoms with Gasteiger partial charge in [0, 0.05) is 0 Å². The Hall–Kier alpha value is -0.700. The van der Waals surface area contributed by atoms with Crippen molar-refractivity contribution < 1.29 is 22.9 Å². The molecule has 0 aliphatic heterocycles. The van der Waals surface area contributed by atoms with Gasteiger partial charge in [0.1, 0.15) is 11.9 Å². The minimum atomic E-state index is -4.04. The minimum Gasteiger partial charge on any atom is -0.480 e. The molecule has 0 spiro atoms. The normalized spacial score (nSPS) is 14.0. The SMILES string of the molecule is NC(CCNCS(=O)(=O)O)C(=O)O. The maximum atomic E-state index is 10.2. The molecule has 13 heavy (non-hydrogen) atoms. The smallest absolute Gasteiger partial charge is 0.320 e. The standard InChI is InChI=1S/C5H12N2O5S/c6-4(5(8)9)1-2-7-3-13(10,11)12/h4,7H,1-3,6H2,(H,8,9)(H,10,11,12). The molecule has 0 radical (unpaired) electrons. The van der Waals surface area contributed by atoms with E-state index in [1.165, 1.54) is 0 Å². The number of hydrogen-bond acceptors (Lipinski definition) is 5. The van der Waals surface area contributed by atoms with Crippen LogP contribution in [-0.2, 0) is 14.9 Å². The molecule has 5 N–H and O–H groups in total. The fourth-order valence-corrected chi connectivity index (χ4v) is 0.984. The first-order chi connectivity index (χ1) is 5.83. The quantitative estimate of drug-likeness (QED) is 0.302. The molecule has 0 saturated heterocycles. The van der Waals surface area contributed by atoms with Gasteiger partial charge in [-0.25, -0.2) is 0 Å². The predicted molar refractivity (Wildman–Crippen MR) is 44.6 cm³/mol. The van der Waals surface area contributed by atoms with E-state index in [1.54, 1.807) is 0 Å². The Balaban J connectivity index is 3.53. The lowest BCUT2D eigenvalue weighted by Gasteiger charge is -2.05. The van der Waals surface area contributed by atoms with Gasteiger partial charge in [-0.15, -0.1) is 0 Å². The van der Waals surface area contributed by atoms with E-state index < -0.39 is 28.0 Å². The Morgan fingerprint density at radius 3 is 2.46 bits per heavy atom. The van der Waals surface area contributed by atoms with Crippen molar-refractivity contribution in [2.75, 3.05) is 12.4 Å². The number of nitrogens with two attached hydrogens (primary N) is 1. The predicted octanol–water partition coefficient (Wildman–Crippen LogP) is -1.78. The average Bonchev–Trinajstić information content (AvgIpc) is 1.95. The summed E-state index contributed by atoms with van der Waals surface area (Å²) >= 11 is 0. The van der Waals surface area contributed by atoms with Crippen LogP contribution >= 0.6 is 0 Å². The van der Waals surface area contributed by atoms with Gasteiger partial charge in [-0.1, -0.05) is 0 Å². The van der Waals surface area contributed by atoms with Crippen LogP contribution in [0.3, 0.4) is 0 Å². The Labute approximate surface area is 75.7 Å². The summed E-state index contributed by atoms with van der Waals surface area (Å²) in [6, 6.07) is -1.02. The van der Waals surface area contributed by atoms with Gasteiger partial charge in [-0.3, -0.25) is 9.35 Å². The van der Waals surface area contributed by atoms with Gasteiger partial charge in [-0.05, 0) is 13.0 Å². The largest absolute Gasteiger partial charge is 0.480 e. The monoisotopic (exact) mass is 212 g/mol. The first kappa shape index (κ1) is 12.3. The number of carbonyl (C=O) groups is 1. The van der Waals surface area contributed by atoms with E-state index >= 15 is 0 Å². The van der Waals surface area contributed by atoms with Gasteiger partial charge in [0.05, 0.1) is 0 Å². The highest BCUT2D eigenvalue weighted by atomic mass is 32.2. The molecule has 8 heteroatoms. The molecule has 0 aliphatic carbocycles. The summed E-state index contributed by atoms with van der Waals surface area (Å²) in [4.78, 5) is 10.2. The summed E-state index contributed by atoms with van der Waals surface area (Å²) in [6.45, 7) is 0.118. The van der Waals surface area contributed by atoms with Crippen LogP contribution < -0.4 is 11.1 Å². The Kier molecular flexibility index (Phi) is 4.85. The third-order valence-corrected chi connectivity index (χ3v) is 1.80. The second-order valence-electron chi connectivity index (χ2n) is 2.46. The zero-order chi connectivity index (χ0) is 10.5. The van der Waals surface area contributed by atoms with Crippen LogP contribution in [0.25, 0.3) is 0 Å². The lowest BCUT2D eigenvalue weighted by molar-refractivity contribution is -0.138. The second-order valence-corrected chi connectivity index (χ2v) is 3.91. The molecular weight excluding hydrogens is 200 g/mol. The van der Waals surface area contributed by atoms with E-state index in [9.17, 15) is 13.2 Å². The molecular formula is C5H12N2O5S. The topological polar surface area (TPSA) is 130 Å². The third kappa shape index (κ3) is 7.65. The van der Waals surface area contributed by atoms with Crippen molar-refractivity contribution in [3.05, 3.63) is 0 Å². The molecule has 0 amide bonds. The van der Waals surface area contributed by atoms with Crippen LogP contribution in [-0.4, -0.2) is 42.5 Å². The van der Waals surface area contributed by atoms with E-state index in [0.717, 1.165) is 0 Å². The fourth-order valence-electron chi connectivity index (χ4n) is 0.582. The molecule has 78 valence electrons. The summed E-state index contributed by atoms with van der Waals surface area (Å²) < 4.78 is 28.6. The molecule has 0 rings (SSSR count). The van der Waals surface area contributed by atoms with Crippen LogP contribution in [0, 0.1) is 0 Å². The van der Waals surface area contributed by atoms with Gasteiger partial charge >= 0.3 is 5.97 Å². The molecule has 0 aromatic carbocycles.